The Morgan fingerprint density at radius 1 is 0.449 bits per heavy atom. The van der Waals surface area contributed by atoms with Crippen molar-refractivity contribution in [3.63, 3.8) is 0 Å². The van der Waals surface area contributed by atoms with Gasteiger partial charge < -0.3 is 64.2 Å². The van der Waals surface area contributed by atoms with Crippen molar-refractivity contribution >= 4 is 11.9 Å². The van der Waals surface area contributed by atoms with E-state index >= 15 is 0 Å². The van der Waals surface area contributed by atoms with Crippen molar-refractivity contribution in [3.05, 3.63) is 12.2 Å². The maximum absolute atomic E-state index is 13.0. The average Bonchev–Trinajstić information content (AvgIpc) is 3.34. The number of hydrogen-bond acceptors (Lipinski definition) is 15. The lowest BCUT2D eigenvalue weighted by atomic mass is 9.98. The molecule has 0 bridgehead atoms. The van der Waals surface area contributed by atoms with Gasteiger partial charge in [-0.25, -0.2) is 0 Å². The summed E-state index contributed by atoms with van der Waals surface area (Å²) in [5.74, 6) is -0.922. The second-order valence-electron chi connectivity index (χ2n) is 19.8. The first-order valence-corrected chi connectivity index (χ1v) is 27.8. The van der Waals surface area contributed by atoms with Gasteiger partial charge in [-0.2, -0.15) is 0 Å². The van der Waals surface area contributed by atoms with Crippen LogP contribution in [-0.4, -0.2) is 142 Å². The number of carbonyl (C=O) groups excluding carboxylic acids is 2. The van der Waals surface area contributed by atoms with Gasteiger partial charge >= 0.3 is 11.9 Å². The number of aliphatic hydroxyl groups is 7. The van der Waals surface area contributed by atoms with Gasteiger partial charge in [-0.15, -0.1) is 0 Å². The summed E-state index contributed by atoms with van der Waals surface area (Å²) in [5, 5.41) is 72.1. The molecule has 0 aromatic rings. The third kappa shape index (κ3) is 29.5. The molecule has 4 unspecified atom stereocenters. The fourth-order valence-corrected chi connectivity index (χ4v) is 8.92. The quantitative estimate of drug-likeness (QED) is 0.0172. The highest BCUT2D eigenvalue weighted by Gasteiger charge is 2.47. The minimum absolute atomic E-state index is 0.159. The van der Waals surface area contributed by atoms with E-state index in [9.17, 15) is 45.3 Å². The molecule has 2 saturated heterocycles. The average molecular weight is 989 g/mol. The first-order chi connectivity index (χ1) is 33.5. The highest BCUT2D eigenvalue weighted by molar-refractivity contribution is 5.70. The van der Waals surface area contributed by atoms with E-state index in [4.69, 9.17) is 28.4 Å². The van der Waals surface area contributed by atoms with Crippen LogP contribution in [0.25, 0.3) is 0 Å². The Kier molecular flexibility index (Phi) is 38.3. The van der Waals surface area contributed by atoms with E-state index in [1.165, 1.54) is 128 Å². The molecule has 0 spiro atoms. The van der Waals surface area contributed by atoms with Gasteiger partial charge in [0.05, 0.1) is 19.8 Å². The van der Waals surface area contributed by atoms with Crippen LogP contribution in [0.2, 0.25) is 0 Å². The molecule has 0 aromatic carbocycles. The Morgan fingerprint density at radius 3 is 1.28 bits per heavy atom. The standard InChI is InChI=1S/C54H100O15/c1-3-5-7-9-11-13-15-17-19-20-21-22-23-25-26-28-30-32-34-36-45(56)64-39-42(67-46(57)37-35-33-31-29-27-24-18-16-14-12-10-8-6-4-2)40-65-53-52(63)50(61)48(59)44(69-53)41-66-54-51(62)49(60)47(58)43(38-55)68-54/h16,18,42-44,47-55,58-63H,3-15,17,19-41H2,1-2H3/b18-16+/t42-,43+,44+,47-,48-,49?,50?,51?,52?,53+,54+/m0/s1. The second-order valence-corrected chi connectivity index (χ2v) is 19.8. The van der Waals surface area contributed by atoms with Crippen LogP contribution in [-0.2, 0) is 38.0 Å². The molecule has 2 rings (SSSR count). The number of rotatable bonds is 44. The van der Waals surface area contributed by atoms with E-state index in [1.807, 2.05) is 0 Å². The molecule has 2 aliphatic heterocycles. The van der Waals surface area contributed by atoms with E-state index in [1.54, 1.807) is 0 Å². The molecule has 0 aliphatic carbocycles. The maximum atomic E-state index is 13.0. The number of carbonyl (C=O) groups is 2. The SMILES string of the molecule is CCCCCCC/C=C/CCCCCCCC(=O)O[C@@H](COC(=O)CCCCCCCCCCCCCCCCCCCCC)CO[C@@H]1O[C@H](CO[C@@H]2O[C@H](CO)[C@H](O)C(O)C2O)[C@H](O)C(O)C1O. The van der Waals surface area contributed by atoms with Crippen LogP contribution < -0.4 is 0 Å². The van der Waals surface area contributed by atoms with Gasteiger partial charge in [0.25, 0.3) is 0 Å². The van der Waals surface area contributed by atoms with Crippen molar-refractivity contribution in [1.29, 1.82) is 0 Å². The molecule has 0 aromatic heterocycles. The largest absolute Gasteiger partial charge is 0.462 e. The molecule has 11 atom stereocenters. The summed E-state index contributed by atoms with van der Waals surface area (Å²) in [6.07, 6.45) is 25.2. The molecule has 69 heavy (non-hydrogen) atoms. The van der Waals surface area contributed by atoms with Crippen LogP contribution in [0.5, 0.6) is 0 Å². The Hall–Kier alpha value is -1.76. The number of ether oxygens (including phenoxy) is 6. The lowest BCUT2D eigenvalue weighted by Crippen LogP contribution is -2.61. The summed E-state index contributed by atoms with van der Waals surface area (Å²) in [7, 11) is 0. The molecule has 2 heterocycles. The molecular formula is C54H100O15. The zero-order chi connectivity index (χ0) is 50.3. The maximum Gasteiger partial charge on any atom is 0.306 e. The molecule has 2 fully saturated rings. The number of unbranched alkanes of at least 4 members (excludes halogenated alkanes) is 28. The van der Waals surface area contributed by atoms with Crippen molar-refractivity contribution < 1.29 is 73.8 Å². The normalized spacial score (nSPS) is 25.6. The van der Waals surface area contributed by atoms with E-state index < -0.39 is 92.7 Å². The topological polar surface area (TPSA) is 231 Å². The Balaban J connectivity index is 1.76. The van der Waals surface area contributed by atoms with Crippen LogP contribution in [0.1, 0.15) is 226 Å². The summed E-state index contributed by atoms with van der Waals surface area (Å²) in [5.41, 5.74) is 0. The summed E-state index contributed by atoms with van der Waals surface area (Å²) < 4.78 is 33.6. The summed E-state index contributed by atoms with van der Waals surface area (Å²) in [4.78, 5) is 25.8. The Morgan fingerprint density at radius 2 is 0.826 bits per heavy atom. The van der Waals surface area contributed by atoms with Crippen LogP contribution >= 0.6 is 0 Å². The van der Waals surface area contributed by atoms with E-state index in [0.29, 0.717) is 12.8 Å². The van der Waals surface area contributed by atoms with Gasteiger partial charge in [-0.1, -0.05) is 187 Å². The fourth-order valence-electron chi connectivity index (χ4n) is 8.92. The van der Waals surface area contributed by atoms with Crippen LogP contribution in [0.3, 0.4) is 0 Å². The first-order valence-electron chi connectivity index (χ1n) is 27.8. The molecular weight excluding hydrogens is 889 g/mol. The van der Waals surface area contributed by atoms with E-state index in [2.05, 4.69) is 26.0 Å². The number of esters is 2. The molecule has 0 saturated carbocycles. The van der Waals surface area contributed by atoms with Gasteiger partial charge in [0.1, 0.15) is 55.4 Å². The molecule has 406 valence electrons. The van der Waals surface area contributed by atoms with Crippen molar-refractivity contribution in [2.45, 2.75) is 293 Å². The molecule has 15 heteroatoms. The van der Waals surface area contributed by atoms with Gasteiger partial charge in [0, 0.05) is 12.8 Å². The predicted octanol–water partition coefficient (Wildman–Crippen LogP) is 8.55. The van der Waals surface area contributed by atoms with Crippen molar-refractivity contribution in [2.24, 2.45) is 0 Å². The van der Waals surface area contributed by atoms with E-state index in [0.717, 1.165) is 57.8 Å². The van der Waals surface area contributed by atoms with Crippen LogP contribution in [0, 0.1) is 0 Å². The number of aliphatic hydroxyl groups excluding tert-OH is 7. The lowest BCUT2D eigenvalue weighted by molar-refractivity contribution is -0.332. The van der Waals surface area contributed by atoms with Crippen molar-refractivity contribution in [1.82, 2.24) is 0 Å². The molecule has 2 aliphatic rings. The minimum Gasteiger partial charge on any atom is -0.462 e. The van der Waals surface area contributed by atoms with Crippen LogP contribution in [0.4, 0.5) is 0 Å². The Bertz CT molecular complexity index is 1250. The molecule has 0 radical (unpaired) electrons. The third-order valence-corrected chi connectivity index (χ3v) is 13.5. The lowest BCUT2D eigenvalue weighted by Gasteiger charge is -2.42. The molecule has 0 amide bonds. The smallest absolute Gasteiger partial charge is 0.306 e. The second kappa shape index (κ2) is 41.7. The highest BCUT2D eigenvalue weighted by Crippen LogP contribution is 2.27. The van der Waals surface area contributed by atoms with Crippen molar-refractivity contribution in [2.75, 3.05) is 26.4 Å². The predicted molar refractivity (Wildman–Crippen MR) is 266 cm³/mol. The minimum atomic E-state index is -1.76. The molecule has 15 nitrogen and oxygen atoms in total. The van der Waals surface area contributed by atoms with E-state index in [-0.39, 0.29) is 26.1 Å². The van der Waals surface area contributed by atoms with Gasteiger partial charge in [0.15, 0.2) is 18.7 Å². The number of hydrogen-bond donors (Lipinski definition) is 7. The summed E-state index contributed by atoms with van der Waals surface area (Å²) in [6, 6.07) is 0. The monoisotopic (exact) mass is 989 g/mol. The Labute approximate surface area is 416 Å². The number of allylic oxidation sites excluding steroid dienone is 2. The zero-order valence-corrected chi connectivity index (χ0v) is 43.1. The van der Waals surface area contributed by atoms with Crippen LogP contribution in [0.15, 0.2) is 12.2 Å². The first kappa shape index (κ1) is 63.4. The van der Waals surface area contributed by atoms with Gasteiger partial charge in [-0.3, -0.25) is 9.59 Å². The third-order valence-electron chi connectivity index (χ3n) is 13.5. The fraction of sp³-hybridized carbons (Fsp3) is 0.926. The highest BCUT2D eigenvalue weighted by atomic mass is 16.7. The zero-order valence-electron chi connectivity index (χ0n) is 43.1. The summed E-state index contributed by atoms with van der Waals surface area (Å²) in [6.45, 7) is 2.61. The van der Waals surface area contributed by atoms with Gasteiger partial charge in [-0.05, 0) is 38.5 Å². The molecule has 7 N–H and O–H groups in total. The van der Waals surface area contributed by atoms with Gasteiger partial charge in [0.2, 0.25) is 0 Å². The van der Waals surface area contributed by atoms with Crippen molar-refractivity contribution in [3.8, 4) is 0 Å². The summed E-state index contributed by atoms with van der Waals surface area (Å²) >= 11 is 0.